The lowest BCUT2D eigenvalue weighted by atomic mass is 9.79. The maximum atomic E-state index is 12.3. The fraction of sp³-hybridized carbons (Fsp3) is 0.550. The largest absolute Gasteiger partial charge is 0.369 e. The monoisotopic (exact) mass is 360 g/mol. The summed E-state index contributed by atoms with van der Waals surface area (Å²) in [6.45, 7) is 3.75. The number of nitrogens with two attached hydrogens (primary N) is 1. The molecule has 1 aromatic rings. The van der Waals surface area contributed by atoms with E-state index in [0.29, 0.717) is 19.3 Å². The quantitative estimate of drug-likeness (QED) is 0.701. The minimum absolute atomic E-state index is 0.0412. The van der Waals surface area contributed by atoms with Crippen molar-refractivity contribution in [1.82, 2.24) is 5.32 Å². The first-order chi connectivity index (χ1) is 12.4. The molecule has 0 bridgehead atoms. The molecule has 0 spiro atoms. The fourth-order valence-corrected chi connectivity index (χ4v) is 3.18. The van der Waals surface area contributed by atoms with Gasteiger partial charge in [0.15, 0.2) is 5.78 Å². The lowest BCUT2D eigenvalue weighted by molar-refractivity contribution is -0.130. The summed E-state index contributed by atoms with van der Waals surface area (Å²) in [6, 6.07) is 9.27. The first-order valence-electron chi connectivity index (χ1n) is 9.13. The van der Waals surface area contributed by atoms with Crippen LogP contribution >= 0.6 is 0 Å². The molecule has 0 aliphatic carbocycles. The highest BCUT2D eigenvalue weighted by Gasteiger charge is 2.36. The van der Waals surface area contributed by atoms with Gasteiger partial charge in [-0.3, -0.25) is 14.4 Å². The molecule has 6 nitrogen and oxygen atoms in total. The number of carbonyl (C=O) groups is 3. The first-order valence-corrected chi connectivity index (χ1v) is 9.13. The van der Waals surface area contributed by atoms with Crippen molar-refractivity contribution in [2.45, 2.75) is 58.1 Å². The van der Waals surface area contributed by atoms with Crippen molar-refractivity contribution >= 4 is 17.6 Å². The third kappa shape index (κ3) is 5.14. The Morgan fingerprint density at radius 3 is 2.58 bits per heavy atom. The molecular weight excluding hydrogens is 332 g/mol. The summed E-state index contributed by atoms with van der Waals surface area (Å²) in [6.07, 6.45) is 2.17. The van der Waals surface area contributed by atoms with Crippen LogP contribution in [0.15, 0.2) is 30.3 Å². The smallest absolute Gasteiger partial charge is 0.223 e. The molecule has 2 amide bonds. The molecule has 3 atom stereocenters. The Kier molecular flexibility index (Phi) is 6.91. The normalized spacial score (nSPS) is 22.0. The molecule has 2 rings (SSSR count). The van der Waals surface area contributed by atoms with E-state index in [4.69, 9.17) is 10.5 Å². The number of ketones is 1. The number of carbonyl (C=O) groups excluding carboxylic acids is 3. The van der Waals surface area contributed by atoms with Crippen LogP contribution < -0.4 is 11.1 Å². The van der Waals surface area contributed by atoms with Crippen LogP contribution in [0.4, 0.5) is 0 Å². The van der Waals surface area contributed by atoms with E-state index in [1.54, 1.807) is 6.92 Å². The molecule has 6 heteroatoms. The molecule has 1 aromatic carbocycles. The van der Waals surface area contributed by atoms with Crippen LogP contribution in [0, 0.1) is 5.41 Å². The van der Waals surface area contributed by atoms with Gasteiger partial charge in [-0.25, -0.2) is 0 Å². The lowest BCUT2D eigenvalue weighted by Crippen LogP contribution is -2.45. The molecule has 0 saturated carbocycles. The molecule has 142 valence electrons. The van der Waals surface area contributed by atoms with Crippen LogP contribution in [-0.2, 0) is 25.5 Å². The van der Waals surface area contributed by atoms with Crippen LogP contribution in [0.3, 0.4) is 0 Å². The summed E-state index contributed by atoms with van der Waals surface area (Å²) in [7, 11) is 0. The van der Waals surface area contributed by atoms with E-state index in [0.717, 1.165) is 12.0 Å². The van der Waals surface area contributed by atoms with Gasteiger partial charge in [0.25, 0.3) is 0 Å². The summed E-state index contributed by atoms with van der Waals surface area (Å²) < 4.78 is 5.36. The van der Waals surface area contributed by atoms with Crippen LogP contribution in [0.2, 0.25) is 0 Å². The number of primary amides is 1. The molecule has 3 unspecified atom stereocenters. The summed E-state index contributed by atoms with van der Waals surface area (Å²) in [5.74, 6) is -0.764. The second-order valence-corrected chi connectivity index (χ2v) is 7.18. The number of benzene rings is 1. The number of ether oxygens (including phenoxy) is 1. The number of aryl methyl sites for hydroxylation is 1. The van der Waals surface area contributed by atoms with E-state index < -0.39 is 17.4 Å². The van der Waals surface area contributed by atoms with Crippen LogP contribution in [0.5, 0.6) is 0 Å². The van der Waals surface area contributed by atoms with Gasteiger partial charge in [-0.2, -0.15) is 0 Å². The lowest BCUT2D eigenvalue weighted by Gasteiger charge is -2.26. The average Bonchev–Trinajstić information content (AvgIpc) is 2.98. The van der Waals surface area contributed by atoms with Gasteiger partial charge in [-0.15, -0.1) is 0 Å². The molecule has 3 N–H and O–H groups in total. The molecule has 1 fully saturated rings. The Bertz CT molecular complexity index is 646. The van der Waals surface area contributed by atoms with Crippen molar-refractivity contribution in [2.75, 3.05) is 6.61 Å². The summed E-state index contributed by atoms with van der Waals surface area (Å²) in [4.78, 5) is 36.1. The minimum Gasteiger partial charge on any atom is -0.369 e. The van der Waals surface area contributed by atoms with E-state index in [2.05, 4.69) is 5.32 Å². The Hall–Kier alpha value is -2.21. The molecule has 26 heavy (non-hydrogen) atoms. The number of amides is 2. The Labute approximate surface area is 154 Å². The molecule has 0 aromatic heterocycles. The van der Waals surface area contributed by atoms with Crippen molar-refractivity contribution in [1.29, 1.82) is 0 Å². The number of hydrogen-bond donors (Lipinski definition) is 2. The van der Waals surface area contributed by atoms with Crippen LogP contribution in [0.1, 0.15) is 45.1 Å². The number of hydrogen-bond acceptors (Lipinski definition) is 4. The molecule has 1 saturated heterocycles. The van der Waals surface area contributed by atoms with Crippen LogP contribution in [0.25, 0.3) is 0 Å². The van der Waals surface area contributed by atoms with Gasteiger partial charge in [-0.1, -0.05) is 44.2 Å². The summed E-state index contributed by atoms with van der Waals surface area (Å²) in [5.41, 5.74) is 5.96. The number of nitrogens with one attached hydrogen (secondary N) is 1. The van der Waals surface area contributed by atoms with Gasteiger partial charge in [0.1, 0.15) is 12.6 Å². The Balaban J connectivity index is 1.89. The zero-order valence-electron chi connectivity index (χ0n) is 15.5. The zero-order chi connectivity index (χ0) is 19.2. The third-order valence-electron chi connectivity index (χ3n) is 5.18. The second-order valence-electron chi connectivity index (χ2n) is 7.18. The van der Waals surface area contributed by atoms with E-state index in [9.17, 15) is 14.4 Å². The van der Waals surface area contributed by atoms with E-state index in [1.807, 2.05) is 37.3 Å². The van der Waals surface area contributed by atoms with Gasteiger partial charge < -0.3 is 15.8 Å². The predicted octanol–water partition coefficient (Wildman–Crippen LogP) is 1.75. The topological polar surface area (TPSA) is 98.5 Å². The van der Waals surface area contributed by atoms with E-state index in [-0.39, 0.29) is 30.8 Å². The SMILES string of the molecule is CCC1OCC(=O)C1NC(=O)CCC(C)(CCc1ccccc1)C(N)=O. The number of rotatable bonds is 9. The minimum atomic E-state index is -0.770. The maximum absolute atomic E-state index is 12.3. The molecule has 1 aliphatic heterocycles. The van der Waals surface area contributed by atoms with E-state index in [1.165, 1.54) is 0 Å². The van der Waals surface area contributed by atoms with Gasteiger partial charge in [0.05, 0.1) is 6.10 Å². The van der Waals surface area contributed by atoms with Gasteiger partial charge in [0, 0.05) is 11.8 Å². The molecule has 1 heterocycles. The highest BCUT2D eigenvalue weighted by atomic mass is 16.5. The standard InChI is InChI=1S/C20H28N2O4/c1-3-16-18(15(23)13-26-16)22-17(24)10-12-20(2,19(21)25)11-9-14-7-5-4-6-8-14/h4-8,16,18H,3,9-13H2,1-2H3,(H2,21,25)(H,22,24). The third-order valence-corrected chi connectivity index (χ3v) is 5.18. The van der Waals surface area contributed by atoms with Gasteiger partial charge >= 0.3 is 0 Å². The Morgan fingerprint density at radius 2 is 1.96 bits per heavy atom. The average molecular weight is 360 g/mol. The molecule has 0 radical (unpaired) electrons. The van der Waals surface area contributed by atoms with Crippen molar-refractivity contribution < 1.29 is 19.1 Å². The van der Waals surface area contributed by atoms with E-state index >= 15 is 0 Å². The van der Waals surface area contributed by atoms with Crippen molar-refractivity contribution in [3.63, 3.8) is 0 Å². The zero-order valence-corrected chi connectivity index (χ0v) is 15.5. The van der Waals surface area contributed by atoms with Crippen molar-refractivity contribution in [2.24, 2.45) is 11.1 Å². The number of Topliss-reactive ketones (excluding diaryl/α,β-unsaturated/α-hetero) is 1. The van der Waals surface area contributed by atoms with Gasteiger partial charge in [-0.05, 0) is 31.2 Å². The molecule has 1 aliphatic rings. The predicted molar refractivity (Wildman–Crippen MR) is 98.3 cm³/mol. The maximum Gasteiger partial charge on any atom is 0.223 e. The van der Waals surface area contributed by atoms with Gasteiger partial charge in [0.2, 0.25) is 11.8 Å². The first kappa shape index (κ1) is 20.1. The second kappa shape index (κ2) is 8.94. The van der Waals surface area contributed by atoms with Crippen molar-refractivity contribution in [3.05, 3.63) is 35.9 Å². The highest BCUT2D eigenvalue weighted by molar-refractivity contribution is 5.92. The van der Waals surface area contributed by atoms with Crippen molar-refractivity contribution in [3.8, 4) is 0 Å². The molecular formula is C20H28N2O4. The summed E-state index contributed by atoms with van der Waals surface area (Å²) in [5, 5.41) is 2.75. The summed E-state index contributed by atoms with van der Waals surface area (Å²) >= 11 is 0. The Morgan fingerprint density at radius 1 is 1.27 bits per heavy atom. The highest BCUT2D eigenvalue weighted by Crippen LogP contribution is 2.29. The van der Waals surface area contributed by atoms with Crippen LogP contribution in [-0.4, -0.2) is 36.4 Å². The fourth-order valence-electron chi connectivity index (χ4n) is 3.18.